The predicted octanol–water partition coefficient (Wildman–Crippen LogP) is 4.80. The Kier molecular flexibility index (Phi) is 10.1. The number of carbonyl (C=O) groups is 3. The first-order valence-corrected chi connectivity index (χ1v) is 17.1. The van der Waals surface area contributed by atoms with Gasteiger partial charge in [-0.05, 0) is 72.9 Å². The summed E-state index contributed by atoms with van der Waals surface area (Å²) in [5.41, 5.74) is 5.15. The Labute approximate surface area is 299 Å². The summed E-state index contributed by atoms with van der Waals surface area (Å²) in [5.74, 6) is 7.77. The third-order valence-corrected chi connectivity index (χ3v) is 9.37. The van der Waals surface area contributed by atoms with Crippen LogP contribution in [0.3, 0.4) is 0 Å². The molecule has 5 aromatic rings. The molecule has 3 amide bonds. The van der Waals surface area contributed by atoms with Gasteiger partial charge in [0.1, 0.15) is 24.7 Å². The molecule has 4 heterocycles. The summed E-state index contributed by atoms with van der Waals surface area (Å²) < 4.78 is 4.58. The van der Waals surface area contributed by atoms with Gasteiger partial charge in [-0.25, -0.2) is 19.8 Å². The maximum atomic E-state index is 12.8. The zero-order valence-corrected chi connectivity index (χ0v) is 28.8. The number of ether oxygens (including phenoxy) is 1. The minimum atomic E-state index is -0.636. The topological polar surface area (TPSA) is 167 Å². The molecule has 0 saturated carbocycles. The Bertz CT molecular complexity index is 2210. The first-order chi connectivity index (χ1) is 25.4. The maximum absolute atomic E-state index is 12.8. The number of likely N-dealkylation sites (tertiary alicyclic amines) is 2. The molecule has 14 heteroatoms. The lowest BCUT2D eigenvalue weighted by atomic mass is 10.0. The van der Waals surface area contributed by atoms with Gasteiger partial charge in [-0.3, -0.25) is 9.59 Å². The molecule has 2 aliphatic heterocycles. The molecule has 266 valence electrons. The molecule has 2 atom stereocenters. The molecule has 2 aliphatic rings. The van der Waals surface area contributed by atoms with Crippen LogP contribution < -0.4 is 5.32 Å². The third-order valence-electron chi connectivity index (χ3n) is 9.37. The van der Waals surface area contributed by atoms with Crippen molar-refractivity contribution in [1.82, 2.24) is 35.1 Å². The smallest absolute Gasteiger partial charge is 0.407 e. The highest BCUT2D eigenvalue weighted by Crippen LogP contribution is 2.33. The second-order valence-electron chi connectivity index (χ2n) is 12.6. The Morgan fingerprint density at radius 3 is 2.40 bits per heavy atom. The molecule has 0 radical (unpaired) electrons. The summed E-state index contributed by atoms with van der Waals surface area (Å²) in [4.78, 5) is 69.9. The van der Waals surface area contributed by atoms with Crippen molar-refractivity contribution in [3.63, 3.8) is 0 Å². The van der Waals surface area contributed by atoms with Gasteiger partial charge in [0.15, 0.2) is 0 Å². The van der Waals surface area contributed by atoms with Crippen molar-refractivity contribution >= 4 is 46.1 Å². The van der Waals surface area contributed by atoms with Crippen LogP contribution in [0.25, 0.3) is 33.1 Å². The van der Waals surface area contributed by atoms with E-state index >= 15 is 0 Å². The van der Waals surface area contributed by atoms with E-state index < -0.39 is 6.09 Å². The molecule has 7 rings (SSSR count). The van der Waals surface area contributed by atoms with Gasteiger partial charge in [-0.15, -0.1) is 0 Å². The molecule has 3 aromatic carbocycles. The van der Waals surface area contributed by atoms with E-state index in [-0.39, 0.29) is 37.0 Å². The van der Waals surface area contributed by atoms with Crippen molar-refractivity contribution in [2.45, 2.75) is 37.8 Å². The average Bonchev–Trinajstić information content (AvgIpc) is 4.00. The third kappa shape index (κ3) is 7.45. The minimum Gasteiger partial charge on any atom is -0.453 e. The van der Waals surface area contributed by atoms with Crippen LogP contribution in [0.4, 0.5) is 4.79 Å². The van der Waals surface area contributed by atoms with E-state index in [0.29, 0.717) is 13.1 Å². The summed E-state index contributed by atoms with van der Waals surface area (Å²) in [5, 5.41) is 4.57. The highest BCUT2D eigenvalue weighted by Gasteiger charge is 2.33. The molecular weight excluding hydrogens is 664 g/mol. The number of carbonyl (C=O) groups excluding carboxylic acids is 3. The number of aromatic amines is 2. The Hall–Kier alpha value is -6.20. The van der Waals surface area contributed by atoms with Gasteiger partial charge < -0.3 is 34.7 Å². The minimum absolute atomic E-state index is 0.0226. The lowest BCUT2D eigenvalue weighted by Gasteiger charge is -2.23. The zero-order chi connectivity index (χ0) is 36.0. The monoisotopic (exact) mass is 702 g/mol. The number of fused-ring (bicyclic) bond motifs is 2. The van der Waals surface area contributed by atoms with Crippen molar-refractivity contribution in [3.8, 4) is 23.1 Å². The zero-order valence-electron chi connectivity index (χ0n) is 28.8. The van der Waals surface area contributed by atoms with E-state index in [1.165, 1.54) is 14.2 Å². The molecule has 0 aliphatic carbocycles. The van der Waals surface area contributed by atoms with Gasteiger partial charge in [0, 0.05) is 36.0 Å². The van der Waals surface area contributed by atoms with Gasteiger partial charge in [-0.2, -0.15) is 4.89 Å². The van der Waals surface area contributed by atoms with Gasteiger partial charge in [0.25, 0.3) is 0 Å². The van der Waals surface area contributed by atoms with Crippen LogP contribution in [0.1, 0.15) is 60.5 Å². The van der Waals surface area contributed by atoms with Crippen molar-refractivity contribution < 1.29 is 28.9 Å². The summed E-state index contributed by atoms with van der Waals surface area (Å²) in [6.07, 6.45) is 5.71. The standard InChI is InChI=1S/C38H38N8O6/c1-50-38(49)41-22-35(48)45-15-3-5-32(45)36-40-20-31(44-36)28-13-12-26-17-24(9-11-27(26)19-28)7-8-25-10-14-29-30(18-25)43-37(42-29)33-6-4-16-46(33)34(47)21-39-23-52-51-2/h9-14,17-20,23,32-33H,3-6,15-16,21-22H2,1-2H3,(H,40,44)(H,41,49)(H,42,43)/b39-23+/t32-,33-/m0/s1. The molecule has 0 unspecified atom stereocenters. The van der Waals surface area contributed by atoms with Crippen LogP contribution >= 0.6 is 0 Å². The van der Waals surface area contributed by atoms with E-state index in [2.05, 4.69) is 70.9 Å². The number of hydrogen-bond acceptors (Lipinski definition) is 9. The van der Waals surface area contributed by atoms with Crippen molar-refractivity contribution in [2.75, 3.05) is 40.4 Å². The number of alkyl carbamates (subject to hydrolysis) is 1. The van der Waals surface area contributed by atoms with E-state index in [9.17, 15) is 14.4 Å². The van der Waals surface area contributed by atoms with Crippen molar-refractivity contribution in [3.05, 3.63) is 83.6 Å². The Morgan fingerprint density at radius 2 is 1.62 bits per heavy atom. The number of imidazole rings is 2. The molecule has 2 saturated heterocycles. The molecule has 2 aromatic heterocycles. The van der Waals surface area contributed by atoms with Crippen molar-refractivity contribution in [1.29, 1.82) is 0 Å². The van der Waals surface area contributed by atoms with Crippen LogP contribution in [0, 0.1) is 11.8 Å². The number of nitrogens with one attached hydrogen (secondary N) is 3. The largest absolute Gasteiger partial charge is 0.453 e. The van der Waals surface area contributed by atoms with Crippen LogP contribution in [-0.4, -0.2) is 94.4 Å². The lowest BCUT2D eigenvalue weighted by Crippen LogP contribution is -2.40. The number of methoxy groups -OCH3 is 1. The molecule has 0 bridgehead atoms. The summed E-state index contributed by atoms with van der Waals surface area (Å²) in [7, 11) is 2.64. The quantitative estimate of drug-likeness (QED) is 0.0648. The first-order valence-electron chi connectivity index (χ1n) is 17.1. The fourth-order valence-electron chi connectivity index (χ4n) is 6.84. The number of nitrogens with zero attached hydrogens (tertiary/aromatic N) is 5. The number of aliphatic imine (C=N–C) groups is 1. The van der Waals surface area contributed by atoms with Gasteiger partial charge in [-0.1, -0.05) is 30.0 Å². The number of H-pyrrole nitrogens is 2. The SMILES string of the molecule is COO/C=N/CC(=O)N1CCC[C@H]1c1nc2cc(C#Cc3ccc4cc(-c5c[nH]c([C@@H]6CCCN6C(=O)CNC(=O)OC)n5)ccc4c3)ccc2[nH]1. The number of hydrogen-bond donors (Lipinski definition) is 3. The molecule has 3 N–H and O–H groups in total. The Morgan fingerprint density at radius 1 is 0.904 bits per heavy atom. The highest BCUT2D eigenvalue weighted by molar-refractivity contribution is 5.88. The van der Waals surface area contributed by atoms with Crippen LogP contribution in [0.2, 0.25) is 0 Å². The number of rotatable bonds is 9. The Balaban J connectivity index is 1.02. The van der Waals surface area contributed by atoms with E-state index in [1.807, 2.05) is 36.5 Å². The first kappa shape index (κ1) is 34.3. The predicted molar refractivity (Wildman–Crippen MR) is 193 cm³/mol. The molecule has 2 fully saturated rings. The van der Waals surface area contributed by atoms with Crippen molar-refractivity contribution in [2.24, 2.45) is 4.99 Å². The van der Waals surface area contributed by atoms with Crippen LogP contribution in [-0.2, 0) is 24.1 Å². The normalized spacial score (nSPS) is 17.1. The molecule has 14 nitrogen and oxygen atoms in total. The van der Waals surface area contributed by atoms with Crippen LogP contribution in [0.5, 0.6) is 0 Å². The maximum Gasteiger partial charge on any atom is 0.407 e. The second-order valence-corrected chi connectivity index (χ2v) is 12.6. The van der Waals surface area contributed by atoms with Gasteiger partial charge >= 0.3 is 6.09 Å². The summed E-state index contributed by atoms with van der Waals surface area (Å²) in [6.45, 7) is 1.11. The fourth-order valence-corrected chi connectivity index (χ4v) is 6.84. The highest BCUT2D eigenvalue weighted by atomic mass is 17.2. The molecule has 52 heavy (non-hydrogen) atoms. The van der Waals surface area contributed by atoms with E-state index in [4.69, 9.17) is 9.97 Å². The molecule has 0 spiro atoms. The van der Waals surface area contributed by atoms with Crippen LogP contribution in [0.15, 0.2) is 65.8 Å². The average molecular weight is 703 g/mol. The second kappa shape index (κ2) is 15.4. The summed E-state index contributed by atoms with van der Waals surface area (Å²) in [6, 6.07) is 17.9. The fraction of sp³-hybridized carbons (Fsp3) is 0.316. The molecular formula is C38H38N8O6. The summed E-state index contributed by atoms with van der Waals surface area (Å²) >= 11 is 0. The number of aromatic nitrogens is 4. The van der Waals surface area contributed by atoms with E-state index in [0.717, 1.165) is 87.9 Å². The van der Waals surface area contributed by atoms with Gasteiger partial charge in [0.2, 0.25) is 18.2 Å². The van der Waals surface area contributed by atoms with E-state index in [1.54, 1.807) is 9.80 Å². The number of amides is 3. The lowest BCUT2D eigenvalue weighted by molar-refractivity contribution is -0.188. The number of benzene rings is 3. The van der Waals surface area contributed by atoms with Gasteiger partial charge in [0.05, 0.1) is 43.0 Å².